The first kappa shape index (κ1) is 21.8. The molecule has 6 heteroatoms. The van der Waals surface area contributed by atoms with E-state index in [0.717, 1.165) is 5.56 Å². The van der Waals surface area contributed by atoms with Crippen molar-refractivity contribution < 1.29 is 71.5 Å². The normalized spacial score (nSPS) is 10.8. The Morgan fingerprint density at radius 2 is 1.59 bits per heavy atom. The van der Waals surface area contributed by atoms with Crippen LogP contribution >= 0.6 is 0 Å². The van der Waals surface area contributed by atoms with Crippen LogP contribution in [0.3, 0.4) is 0 Å². The van der Waals surface area contributed by atoms with Crippen molar-refractivity contribution in [2.24, 2.45) is 5.73 Å². The molecule has 2 aromatic rings. The number of hydrogen-bond acceptors (Lipinski definition) is 4. The maximum Gasteiger partial charge on any atom is 1.00 e. The van der Waals surface area contributed by atoms with Gasteiger partial charge in [0.05, 0.1) is 0 Å². The van der Waals surface area contributed by atoms with Crippen LogP contribution in [0.15, 0.2) is 60.7 Å². The molecule has 0 aliphatic carbocycles. The van der Waals surface area contributed by atoms with Gasteiger partial charge in [0.1, 0.15) is 11.8 Å². The van der Waals surface area contributed by atoms with Crippen LogP contribution in [-0.2, 0) is 4.79 Å². The van der Waals surface area contributed by atoms with Crippen molar-refractivity contribution in [2.75, 3.05) is 13.1 Å². The molecule has 0 fully saturated rings. The molecule has 0 bridgehead atoms. The Morgan fingerprint density at radius 1 is 1.05 bits per heavy atom. The summed E-state index contributed by atoms with van der Waals surface area (Å²) < 4.78 is 5.39. The summed E-state index contributed by atoms with van der Waals surface area (Å²) in [7, 11) is 0. The largest absolute Gasteiger partial charge is 1.00 e. The van der Waals surface area contributed by atoms with Gasteiger partial charge < -0.3 is 13.3 Å². The van der Waals surface area contributed by atoms with E-state index >= 15 is 0 Å². The van der Waals surface area contributed by atoms with Crippen LogP contribution in [0.5, 0.6) is 5.75 Å². The number of ether oxygens (including phenoxy) is 1. The molecule has 0 amide bonds. The molecule has 1 atom stereocenters. The summed E-state index contributed by atoms with van der Waals surface area (Å²) >= 11 is 0. The number of nitrogens with one attached hydrogen (secondary N) is 1. The van der Waals surface area contributed by atoms with E-state index < -0.39 is 6.04 Å². The van der Waals surface area contributed by atoms with Crippen molar-refractivity contribution in [2.45, 2.75) is 6.04 Å². The van der Waals surface area contributed by atoms with Crippen LogP contribution in [0.2, 0.25) is 0 Å². The average molecular weight is 318 g/mol. The van der Waals surface area contributed by atoms with E-state index in [0.29, 0.717) is 18.8 Å². The van der Waals surface area contributed by atoms with Gasteiger partial charge in [-0.25, -0.2) is 4.79 Å². The molecule has 0 aliphatic heterocycles. The molecule has 108 valence electrons. The second-order valence-electron chi connectivity index (χ2n) is 4.32. The van der Waals surface area contributed by atoms with Crippen molar-refractivity contribution in [1.82, 2.24) is 5.32 Å². The molecule has 0 saturated heterocycles. The number of nitrogens with two attached hydrogens (primary N) is 1. The summed E-state index contributed by atoms with van der Waals surface area (Å²) in [4.78, 5) is 12.3. The first-order valence-corrected chi connectivity index (χ1v) is 6.56. The minimum Gasteiger partial charge on any atom is -1.00 e. The summed E-state index contributed by atoms with van der Waals surface area (Å²) in [5.41, 5.74) is 6.36. The number of hydrogen-bond donors (Lipinski definition) is 2. The first-order chi connectivity index (χ1) is 9.81. The van der Waals surface area contributed by atoms with Crippen molar-refractivity contribution in [1.29, 1.82) is 0 Å². The van der Waals surface area contributed by atoms with Crippen LogP contribution in [0, 0.1) is 0 Å². The van der Waals surface area contributed by atoms with Crippen LogP contribution in [0.1, 0.15) is 14.5 Å². The van der Waals surface area contributed by atoms with Crippen LogP contribution in [0.25, 0.3) is 0 Å². The summed E-state index contributed by atoms with van der Waals surface area (Å²) in [5.74, 6) is 0.198. The van der Waals surface area contributed by atoms with Gasteiger partial charge in [-0.3, -0.25) is 5.32 Å². The Labute approximate surface area is 178 Å². The third kappa shape index (κ3) is 6.94. The molecule has 0 saturated carbocycles. The zero-order chi connectivity index (χ0) is 14.2. The topological polar surface area (TPSA) is 64.3 Å². The molecule has 0 aliphatic rings. The average Bonchev–Trinajstić information content (AvgIpc) is 2.50. The number of carbonyl (C=O) groups is 1. The SMILES string of the molecule is NCCNC(C(=O)Oc1ccccc1)c1ccccc1.[H-].[H-].[Na+].[Na+]. The Balaban J connectivity index is -0.00000110. The minimum atomic E-state index is -0.514. The molecule has 4 nitrogen and oxygen atoms in total. The molecule has 1 unspecified atom stereocenters. The molecule has 2 aromatic carbocycles. The van der Waals surface area contributed by atoms with E-state index in [9.17, 15) is 4.79 Å². The molecular formula is C16H20N2Na2O2. The van der Waals surface area contributed by atoms with Gasteiger partial charge in [-0.15, -0.1) is 0 Å². The minimum absolute atomic E-state index is 0. The molecule has 0 heterocycles. The quantitative estimate of drug-likeness (QED) is 0.325. The van der Waals surface area contributed by atoms with Crippen LogP contribution < -0.4 is 74.9 Å². The van der Waals surface area contributed by atoms with Gasteiger partial charge in [0.15, 0.2) is 0 Å². The monoisotopic (exact) mass is 318 g/mol. The molecule has 2 rings (SSSR count). The molecule has 3 N–H and O–H groups in total. The van der Waals surface area contributed by atoms with Crippen LogP contribution in [-0.4, -0.2) is 19.1 Å². The predicted octanol–water partition coefficient (Wildman–Crippen LogP) is -3.89. The summed E-state index contributed by atoms with van der Waals surface area (Å²) in [6.07, 6.45) is 0. The number of para-hydroxylation sites is 1. The van der Waals surface area contributed by atoms with Gasteiger partial charge in [-0.1, -0.05) is 48.5 Å². The van der Waals surface area contributed by atoms with Crippen molar-refractivity contribution in [3.63, 3.8) is 0 Å². The fourth-order valence-electron chi connectivity index (χ4n) is 1.87. The smallest absolute Gasteiger partial charge is 1.00 e. The van der Waals surface area contributed by atoms with Gasteiger partial charge in [0.2, 0.25) is 0 Å². The third-order valence-corrected chi connectivity index (χ3v) is 2.82. The molecule has 0 spiro atoms. The fourth-order valence-corrected chi connectivity index (χ4v) is 1.87. The van der Waals surface area contributed by atoms with E-state index in [2.05, 4.69) is 5.32 Å². The number of benzene rings is 2. The number of carbonyl (C=O) groups excluding carboxylic acids is 1. The molecule has 0 radical (unpaired) electrons. The molecule has 0 aromatic heterocycles. The van der Waals surface area contributed by atoms with Crippen molar-refractivity contribution >= 4 is 5.97 Å². The number of rotatable bonds is 6. The van der Waals surface area contributed by atoms with E-state index in [-0.39, 0.29) is 67.9 Å². The van der Waals surface area contributed by atoms with Gasteiger partial charge >= 0.3 is 65.1 Å². The van der Waals surface area contributed by atoms with Crippen molar-refractivity contribution in [3.8, 4) is 5.75 Å². The van der Waals surface area contributed by atoms with Gasteiger partial charge in [0.25, 0.3) is 0 Å². The second-order valence-corrected chi connectivity index (χ2v) is 4.32. The summed E-state index contributed by atoms with van der Waals surface area (Å²) in [5, 5.41) is 3.11. The van der Waals surface area contributed by atoms with Gasteiger partial charge in [0, 0.05) is 13.1 Å². The van der Waals surface area contributed by atoms with Gasteiger partial charge in [-0.05, 0) is 17.7 Å². The Bertz CT molecular complexity index is 548. The van der Waals surface area contributed by atoms with E-state index in [1.807, 2.05) is 48.5 Å². The zero-order valence-corrected chi connectivity index (χ0v) is 17.2. The molecular weight excluding hydrogens is 298 g/mol. The van der Waals surface area contributed by atoms with E-state index in [1.54, 1.807) is 12.1 Å². The predicted molar refractivity (Wildman–Crippen MR) is 80.5 cm³/mol. The van der Waals surface area contributed by atoms with E-state index in [4.69, 9.17) is 10.5 Å². The number of esters is 1. The first-order valence-electron chi connectivity index (χ1n) is 6.56. The second kappa shape index (κ2) is 12.3. The maximum atomic E-state index is 12.3. The van der Waals surface area contributed by atoms with Gasteiger partial charge in [-0.2, -0.15) is 0 Å². The third-order valence-electron chi connectivity index (χ3n) is 2.82. The van der Waals surface area contributed by atoms with E-state index in [1.165, 1.54) is 0 Å². The Morgan fingerprint density at radius 3 is 2.14 bits per heavy atom. The Kier molecular flexibility index (Phi) is 12.2. The molecule has 22 heavy (non-hydrogen) atoms. The summed E-state index contributed by atoms with van der Waals surface area (Å²) in [6, 6.07) is 18.0. The van der Waals surface area contributed by atoms with Crippen molar-refractivity contribution in [3.05, 3.63) is 66.2 Å². The maximum absolute atomic E-state index is 12.3. The van der Waals surface area contributed by atoms with Crippen LogP contribution in [0.4, 0.5) is 0 Å². The fraction of sp³-hybridized carbons (Fsp3) is 0.188. The Hall–Kier alpha value is -0.170. The summed E-state index contributed by atoms with van der Waals surface area (Å²) in [6.45, 7) is 1.01. The zero-order valence-electron chi connectivity index (χ0n) is 15.2. The standard InChI is InChI=1S/C16H18N2O2.2Na.2H/c17-11-12-18-15(13-7-3-1-4-8-13)16(19)20-14-9-5-2-6-10-14;;;;/h1-10,15,18H,11-12,17H2;;;;/q;2*+1;2*-1.